The molecule has 1 saturated carbocycles. The van der Waals surface area contributed by atoms with Crippen molar-refractivity contribution < 1.29 is 9.13 Å². The number of hydrogen-bond donors (Lipinski definition) is 0. The molecule has 7 aliphatic rings. The Morgan fingerprint density at radius 1 is 0.861 bits per heavy atom. The molecule has 192 valence electrons. The number of allylic oxidation sites excluding steroid dienone is 10. The zero-order valence-electron chi connectivity index (χ0n) is 21.8. The summed E-state index contributed by atoms with van der Waals surface area (Å²) in [6.45, 7) is 0. The van der Waals surface area contributed by atoms with Gasteiger partial charge in [0.2, 0.25) is 0 Å². The summed E-state index contributed by atoms with van der Waals surface area (Å²) in [6.07, 6.45) is 32.8. The van der Waals surface area contributed by atoms with Gasteiger partial charge in [-0.25, -0.2) is 4.39 Å². The van der Waals surface area contributed by atoms with E-state index >= 15 is 0 Å². The highest BCUT2D eigenvalue weighted by Crippen LogP contribution is 2.54. The Labute approximate surface area is 217 Å². The van der Waals surface area contributed by atoms with Crippen LogP contribution in [0.2, 0.25) is 0 Å². The lowest BCUT2D eigenvalue weighted by Gasteiger charge is -2.40. The molecule has 7 rings (SSSR count). The highest BCUT2D eigenvalue weighted by Gasteiger charge is 2.48. The predicted molar refractivity (Wildman–Crippen MR) is 145 cm³/mol. The fraction of sp³-hybridized carbons (Fsp3) is 0.647. The minimum absolute atomic E-state index is 0.341. The van der Waals surface area contributed by atoms with E-state index in [1.807, 2.05) is 0 Å². The molecule has 0 spiro atoms. The van der Waals surface area contributed by atoms with Gasteiger partial charge in [0.05, 0.1) is 0 Å². The van der Waals surface area contributed by atoms with Gasteiger partial charge < -0.3 is 4.74 Å². The van der Waals surface area contributed by atoms with E-state index in [0.29, 0.717) is 29.8 Å². The van der Waals surface area contributed by atoms with Gasteiger partial charge in [-0.15, -0.1) is 0 Å². The third-order valence-electron chi connectivity index (χ3n) is 10.9. The Morgan fingerprint density at radius 2 is 1.83 bits per heavy atom. The van der Waals surface area contributed by atoms with Gasteiger partial charge in [0.25, 0.3) is 0 Å². The van der Waals surface area contributed by atoms with Crippen LogP contribution in [-0.4, -0.2) is 12.3 Å². The van der Waals surface area contributed by atoms with Crippen molar-refractivity contribution in [2.75, 3.05) is 0 Å². The molecule has 0 bridgehead atoms. The zero-order chi connectivity index (χ0) is 24.1. The Morgan fingerprint density at radius 3 is 2.72 bits per heavy atom. The maximum atomic E-state index is 14.3. The second-order valence-electron chi connectivity index (χ2n) is 12.8. The molecule has 1 heterocycles. The van der Waals surface area contributed by atoms with Crippen molar-refractivity contribution in [2.45, 2.75) is 102 Å². The highest BCUT2D eigenvalue weighted by atomic mass is 19.1. The first-order valence-corrected chi connectivity index (χ1v) is 15.2. The van der Waals surface area contributed by atoms with Gasteiger partial charge in [-0.2, -0.15) is 0 Å². The van der Waals surface area contributed by atoms with Crippen molar-refractivity contribution in [2.24, 2.45) is 35.5 Å². The summed E-state index contributed by atoms with van der Waals surface area (Å²) in [6, 6.07) is 0. The minimum Gasteiger partial charge on any atom is -0.490 e. The molecule has 1 fully saturated rings. The highest BCUT2D eigenvalue weighted by molar-refractivity contribution is 5.43. The van der Waals surface area contributed by atoms with Crippen LogP contribution in [-0.2, 0) is 4.74 Å². The predicted octanol–water partition coefficient (Wildman–Crippen LogP) is 9.11. The average molecular weight is 487 g/mol. The fourth-order valence-electron chi connectivity index (χ4n) is 9.13. The zero-order valence-corrected chi connectivity index (χ0v) is 21.8. The number of halogens is 1. The summed E-state index contributed by atoms with van der Waals surface area (Å²) in [5.74, 6) is 5.03. The molecule has 36 heavy (non-hydrogen) atoms. The van der Waals surface area contributed by atoms with E-state index in [9.17, 15) is 4.39 Å². The molecule has 0 radical (unpaired) electrons. The van der Waals surface area contributed by atoms with Crippen LogP contribution in [0.25, 0.3) is 0 Å². The number of hydrogen-bond acceptors (Lipinski definition) is 1. The summed E-state index contributed by atoms with van der Waals surface area (Å²) >= 11 is 0. The smallest absolute Gasteiger partial charge is 0.122 e. The van der Waals surface area contributed by atoms with Gasteiger partial charge in [-0.05, 0) is 130 Å². The van der Waals surface area contributed by atoms with E-state index in [2.05, 4.69) is 36.5 Å². The maximum absolute atomic E-state index is 14.3. The van der Waals surface area contributed by atoms with Crippen LogP contribution in [0.5, 0.6) is 0 Å². The van der Waals surface area contributed by atoms with E-state index in [4.69, 9.17) is 4.74 Å². The monoisotopic (exact) mass is 486 g/mol. The van der Waals surface area contributed by atoms with Crippen LogP contribution in [0.4, 0.5) is 4.39 Å². The van der Waals surface area contributed by atoms with Crippen LogP contribution >= 0.6 is 0 Å². The Balaban J connectivity index is 1.07. The maximum Gasteiger partial charge on any atom is 0.122 e. The van der Waals surface area contributed by atoms with Crippen molar-refractivity contribution in [1.29, 1.82) is 0 Å². The molecule has 2 heteroatoms. The number of fused-ring (bicyclic) bond motifs is 2. The summed E-state index contributed by atoms with van der Waals surface area (Å²) < 4.78 is 21.1. The molecule has 0 aromatic carbocycles. The summed E-state index contributed by atoms with van der Waals surface area (Å²) in [7, 11) is 0. The lowest BCUT2D eigenvalue weighted by atomic mass is 9.64. The molecule has 0 N–H and O–H groups in total. The molecule has 1 aliphatic heterocycles. The first-order valence-electron chi connectivity index (χ1n) is 15.2. The Kier molecular flexibility index (Phi) is 6.35. The van der Waals surface area contributed by atoms with Crippen LogP contribution in [0.15, 0.2) is 70.6 Å². The van der Waals surface area contributed by atoms with Gasteiger partial charge in [-0.1, -0.05) is 48.1 Å². The second-order valence-corrected chi connectivity index (χ2v) is 12.8. The molecular weight excluding hydrogens is 443 g/mol. The number of alkyl halides is 1. The number of ether oxygens (including phenoxy) is 1. The average Bonchev–Trinajstić information content (AvgIpc) is 3.32. The minimum atomic E-state index is -0.747. The van der Waals surface area contributed by atoms with Gasteiger partial charge in [0.15, 0.2) is 0 Å². The molecule has 6 aliphatic carbocycles. The molecular formula is C34H43FO. The van der Waals surface area contributed by atoms with E-state index in [0.717, 1.165) is 37.5 Å². The first kappa shape index (κ1) is 23.3. The third-order valence-corrected chi connectivity index (χ3v) is 10.9. The number of rotatable bonds is 3. The molecule has 0 amide bonds. The van der Waals surface area contributed by atoms with Crippen LogP contribution in [0.3, 0.4) is 0 Å². The SMILES string of the molecule is FC1C=CCC(C2CCCC3OC4=C(CCC=C4C4C=CC(C5CCC6=C(CCC=C6)C5)CC4)C32)C1. The molecule has 8 unspecified atom stereocenters. The van der Waals surface area contributed by atoms with Crippen molar-refractivity contribution >= 4 is 0 Å². The summed E-state index contributed by atoms with van der Waals surface area (Å²) in [5, 5.41) is 0. The summed E-state index contributed by atoms with van der Waals surface area (Å²) in [5.41, 5.74) is 6.53. The van der Waals surface area contributed by atoms with Crippen LogP contribution < -0.4 is 0 Å². The lowest BCUT2D eigenvalue weighted by Crippen LogP contribution is -2.37. The molecule has 0 aromatic heterocycles. The van der Waals surface area contributed by atoms with Gasteiger partial charge >= 0.3 is 0 Å². The molecule has 0 saturated heterocycles. The van der Waals surface area contributed by atoms with E-state index < -0.39 is 6.17 Å². The van der Waals surface area contributed by atoms with E-state index in [-0.39, 0.29) is 0 Å². The normalized spacial score (nSPS) is 42.0. The second kappa shape index (κ2) is 9.80. The molecule has 0 aromatic rings. The lowest BCUT2D eigenvalue weighted by molar-refractivity contribution is 0.0304. The molecule has 1 nitrogen and oxygen atoms in total. The fourth-order valence-corrected chi connectivity index (χ4v) is 9.13. The van der Waals surface area contributed by atoms with E-state index in [1.54, 1.807) is 22.8 Å². The Hall–Kier alpha value is -1.83. The summed E-state index contributed by atoms with van der Waals surface area (Å²) in [4.78, 5) is 0. The van der Waals surface area contributed by atoms with Gasteiger partial charge in [0.1, 0.15) is 18.0 Å². The largest absolute Gasteiger partial charge is 0.490 e. The Bertz CT molecular complexity index is 1050. The van der Waals surface area contributed by atoms with Crippen molar-refractivity contribution in [1.82, 2.24) is 0 Å². The van der Waals surface area contributed by atoms with Gasteiger partial charge in [-0.3, -0.25) is 0 Å². The van der Waals surface area contributed by atoms with Crippen LogP contribution in [0, 0.1) is 35.5 Å². The van der Waals surface area contributed by atoms with Crippen molar-refractivity contribution in [3.63, 3.8) is 0 Å². The van der Waals surface area contributed by atoms with Crippen molar-refractivity contribution in [3.05, 3.63) is 70.6 Å². The quantitative estimate of drug-likeness (QED) is 0.361. The molecule has 8 atom stereocenters. The topological polar surface area (TPSA) is 9.23 Å². The first-order chi connectivity index (χ1) is 17.7. The van der Waals surface area contributed by atoms with Crippen molar-refractivity contribution in [3.8, 4) is 0 Å². The standard InChI is InChI=1S/C34H43FO/c35-28-9-3-8-27(21-28)29-10-5-13-32-33(29)31-12-4-11-30(34(31)36-32)24-17-14-23(15-18-24)26-19-16-22-6-1-2-7-25(22)20-26/h1,3,6,9,11,14,17,23-24,26-29,32-33H,2,4-5,7-8,10,12-13,15-16,18-21H2. The van der Waals surface area contributed by atoms with E-state index in [1.165, 1.54) is 75.5 Å². The van der Waals surface area contributed by atoms with Crippen LogP contribution in [0.1, 0.15) is 89.9 Å². The van der Waals surface area contributed by atoms with Gasteiger partial charge in [0, 0.05) is 11.8 Å². The third kappa shape index (κ3) is 4.21.